The predicted molar refractivity (Wildman–Crippen MR) is 114 cm³/mol. The van der Waals surface area contributed by atoms with E-state index in [1.807, 2.05) is 36.4 Å². The van der Waals surface area contributed by atoms with E-state index in [4.69, 9.17) is 0 Å². The fraction of sp³-hybridized carbons (Fsp3) is 0.348. The Morgan fingerprint density at radius 3 is 2.57 bits per heavy atom. The first-order chi connectivity index (χ1) is 13.5. The van der Waals surface area contributed by atoms with Crippen molar-refractivity contribution in [2.75, 3.05) is 18.0 Å². The van der Waals surface area contributed by atoms with Crippen LogP contribution in [-0.2, 0) is 16.3 Å². The first kappa shape index (κ1) is 18.9. The Balaban J connectivity index is 1.91. The van der Waals surface area contributed by atoms with Crippen LogP contribution in [0.3, 0.4) is 0 Å². The number of sulfone groups is 1. The molecule has 1 atom stereocenters. The highest BCUT2D eigenvalue weighted by atomic mass is 32.2. The number of nitrogens with zero attached hydrogens (tertiary/aromatic N) is 2. The van der Waals surface area contributed by atoms with E-state index in [-0.39, 0.29) is 0 Å². The normalized spacial score (nSPS) is 17.8. The third-order valence-corrected chi connectivity index (χ3v) is 7.39. The van der Waals surface area contributed by atoms with Crippen LogP contribution in [0.2, 0.25) is 0 Å². The fourth-order valence-electron chi connectivity index (χ4n) is 4.06. The second kappa shape index (κ2) is 7.55. The molecule has 0 aliphatic carbocycles. The van der Waals surface area contributed by atoms with Gasteiger partial charge in [-0.15, -0.1) is 0 Å². The maximum absolute atomic E-state index is 13.6. The number of pyridine rings is 1. The minimum Gasteiger partial charge on any atom is -0.370 e. The van der Waals surface area contributed by atoms with E-state index in [2.05, 4.69) is 23.7 Å². The van der Waals surface area contributed by atoms with Gasteiger partial charge in [0.05, 0.1) is 16.1 Å². The number of para-hydroxylation sites is 1. The lowest BCUT2D eigenvalue weighted by molar-refractivity contribution is 0.446. The Labute approximate surface area is 167 Å². The van der Waals surface area contributed by atoms with Crippen molar-refractivity contribution in [2.24, 2.45) is 5.92 Å². The van der Waals surface area contributed by atoms with Crippen molar-refractivity contribution in [3.05, 3.63) is 60.3 Å². The standard InChI is InChI=1S/C23H26N2O2S/c1-3-18-10-12-19(13-11-18)28(26,27)22-15-24-21-9-5-4-8-20(21)23(22)25-14-6-7-17(2)16-25/h4-5,8-13,15,17H,3,6-7,14,16H2,1-2H3. The summed E-state index contributed by atoms with van der Waals surface area (Å²) in [4.78, 5) is 7.35. The molecular formula is C23H26N2O2S. The summed E-state index contributed by atoms with van der Waals surface area (Å²) < 4.78 is 27.1. The molecule has 1 unspecified atom stereocenters. The van der Waals surface area contributed by atoms with Gasteiger partial charge in [0, 0.05) is 24.7 Å². The molecule has 5 heteroatoms. The second-order valence-corrected chi connectivity index (χ2v) is 9.60. The van der Waals surface area contributed by atoms with Crippen LogP contribution in [0.1, 0.15) is 32.3 Å². The van der Waals surface area contributed by atoms with Crippen molar-refractivity contribution < 1.29 is 8.42 Å². The van der Waals surface area contributed by atoms with E-state index < -0.39 is 9.84 Å². The number of piperidine rings is 1. The number of hydrogen-bond donors (Lipinski definition) is 0. The highest BCUT2D eigenvalue weighted by molar-refractivity contribution is 7.91. The molecule has 2 heterocycles. The molecule has 0 spiro atoms. The molecular weight excluding hydrogens is 368 g/mol. The first-order valence-electron chi connectivity index (χ1n) is 9.97. The Hall–Kier alpha value is -2.40. The summed E-state index contributed by atoms with van der Waals surface area (Å²) >= 11 is 0. The molecule has 3 aromatic rings. The lowest BCUT2D eigenvalue weighted by Gasteiger charge is -2.34. The monoisotopic (exact) mass is 394 g/mol. The molecule has 0 bridgehead atoms. The Kier molecular flexibility index (Phi) is 5.11. The average molecular weight is 395 g/mol. The molecule has 0 amide bonds. The largest absolute Gasteiger partial charge is 0.370 e. The van der Waals surface area contributed by atoms with Crippen LogP contribution in [0.5, 0.6) is 0 Å². The van der Waals surface area contributed by atoms with Gasteiger partial charge in [0.15, 0.2) is 0 Å². The third-order valence-electron chi connectivity index (χ3n) is 5.62. The quantitative estimate of drug-likeness (QED) is 0.634. The van der Waals surface area contributed by atoms with E-state index in [9.17, 15) is 8.42 Å². The minimum absolute atomic E-state index is 0.310. The van der Waals surface area contributed by atoms with E-state index in [0.29, 0.717) is 15.7 Å². The van der Waals surface area contributed by atoms with Crippen LogP contribution >= 0.6 is 0 Å². The van der Waals surface area contributed by atoms with E-state index in [1.165, 1.54) is 6.42 Å². The van der Waals surface area contributed by atoms with Crippen molar-refractivity contribution in [3.8, 4) is 0 Å². The lowest BCUT2D eigenvalue weighted by atomic mass is 9.99. The molecule has 2 aromatic carbocycles. The zero-order chi connectivity index (χ0) is 19.7. The van der Waals surface area contributed by atoms with E-state index in [1.54, 1.807) is 18.3 Å². The SMILES string of the molecule is CCc1ccc(S(=O)(=O)c2cnc3ccccc3c2N2CCCC(C)C2)cc1. The molecule has 0 N–H and O–H groups in total. The van der Waals surface area contributed by atoms with Gasteiger partial charge in [-0.3, -0.25) is 4.98 Å². The van der Waals surface area contributed by atoms with Crippen molar-refractivity contribution >= 4 is 26.4 Å². The van der Waals surface area contributed by atoms with Crippen molar-refractivity contribution in [3.63, 3.8) is 0 Å². The van der Waals surface area contributed by atoms with Crippen molar-refractivity contribution in [2.45, 2.75) is 42.9 Å². The zero-order valence-corrected chi connectivity index (χ0v) is 17.2. The maximum atomic E-state index is 13.6. The van der Waals surface area contributed by atoms with Crippen LogP contribution in [0, 0.1) is 5.92 Å². The molecule has 0 radical (unpaired) electrons. The van der Waals surface area contributed by atoms with Crippen molar-refractivity contribution in [1.29, 1.82) is 0 Å². The third kappa shape index (κ3) is 3.39. The smallest absolute Gasteiger partial charge is 0.210 e. The van der Waals surface area contributed by atoms with Crippen LogP contribution in [0.4, 0.5) is 5.69 Å². The van der Waals surface area contributed by atoms with Crippen LogP contribution in [0.15, 0.2) is 64.5 Å². The summed E-state index contributed by atoms with van der Waals surface area (Å²) in [6.45, 7) is 6.03. The molecule has 146 valence electrons. The number of benzene rings is 2. The molecule has 28 heavy (non-hydrogen) atoms. The Morgan fingerprint density at radius 2 is 1.86 bits per heavy atom. The maximum Gasteiger partial charge on any atom is 0.210 e. The lowest BCUT2D eigenvalue weighted by Crippen LogP contribution is -2.35. The predicted octanol–water partition coefficient (Wildman–Crippen LogP) is 4.87. The summed E-state index contributed by atoms with van der Waals surface area (Å²) in [5.41, 5.74) is 2.76. The van der Waals surface area contributed by atoms with Gasteiger partial charge in [-0.2, -0.15) is 0 Å². The minimum atomic E-state index is -3.66. The molecule has 4 nitrogen and oxygen atoms in total. The molecule has 0 saturated carbocycles. The van der Waals surface area contributed by atoms with Gasteiger partial charge in [-0.1, -0.05) is 44.2 Å². The Morgan fingerprint density at radius 1 is 1.11 bits per heavy atom. The molecule has 1 saturated heterocycles. The number of hydrogen-bond acceptors (Lipinski definition) is 4. The van der Waals surface area contributed by atoms with Gasteiger partial charge in [-0.25, -0.2) is 8.42 Å². The van der Waals surface area contributed by atoms with Crippen LogP contribution in [-0.4, -0.2) is 26.5 Å². The first-order valence-corrected chi connectivity index (χ1v) is 11.5. The molecule has 1 aliphatic rings. The molecule has 1 fully saturated rings. The van der Waals surface area contributed by atoms with E-state index >= 15 is 0 Å². The van der Waals surface area contributed by atoms with Crippen LogP contribution < -0.4 is 4.90 Å². The molecule has 1 aromatic heterocycles. The van der Waals surface area contributed by atoms with E-state index in [0.717, 1.165) is 48.1 Å². The van der Waals surface area contributed by atoms with Gasteiger partial charge in [-0.05, 0) is 48.9 Å². The fourth-order valence-corrected chi connectivity index (χ4v) is 5.49. The summed E-state index contributed by atoms with van der Waals surface area (Å²) in [6, 6.07) is 15.0. The van der Waals surface area contributed by atoms with Gasteiger partial charge >= 0.3 is 0 Å². The summed E-state index contributed by atoms with van der Waals surface area (Å²) in [6.07, 6.45) is 4.68. The molecule has 1 aliphatic heterocycles. The number of aryl methyl sites for hydroxylation is 1. The van der Waals surface area contributed by atoms with Crippen molar-refractivity contribution in [1.82, 2.24) is 4.98 Å². The number of anilines is 1. The van der Waals surface area contributed by atoms with Gasteiger partial charge in [0.25, 0.3) is 0 Å². The van der Waals surface area contributed by atoms with Gasteiger partial charge in [0.1, 0.15) is 4.90 Å². The number of fused-ring (bicyclic) bond motifs is 1. The second-order valence-electron chi connectivity index (χ2n) is 7.68. The highest BCUT2D eigenvalue weighted by Crippen LogP contribution is 2.37. The van der Waals surface area contributed by atoms with Gasteiger partial charge in [0.2, 0.25) is 9.84 Å². The summed E-state index contributed by atoms with van der Waals surface area (Å²) in [5.74, 6) is 0.542. The Bertz CT molecular complexity index is 1090. The van der Waals surface area contributed by atoms with Gasteiger partial charge < -0.3 is 4.90 Å². The summed E-state index contributed by atoms with van der Waals surface area (Å²) in [5, 5.41) is 0.905. The van der Waals surface area contributed by atoms with Crippen LogP contribution in [0.25, 0.3) is 10.9 Å². The highest BCUT2D eigenvalue weighted by Gasteiger charge is 2.28. The zero-order valence-electron chi connectivity index (χ0n) is 16.4. The summed E-state index contributed by atoms with van der Waals surface area (Å²) in [7, 11) is -3.66. The number of rotatable bonds is 4. The molecule has 4 rings (SSSR count). The average Bonchev–Trinajstić information content (AvgIpc) is 2.73. The number of aromatic nitrogens is 1. The topological polar surface area (TPSA) is 50.3 Å².